The monoisotopic (exact) mass is 493 g/mol. The third-order valence-corrected chi connectivity index (χ3v) is 8.31. The van der Waals surface area contributed by atoms with Gasteiger partial charge in [0.15, 0.2) is 5.69 Å². The Bertz CT molecular complexity index is 1370. The van der Waals surface area contributed by atoms with Crippen molar-refractivity contribution >= 4 is 43.9 Å². The number of morpholine rings is 1. The van der Waals surface area contributed by atoms with Gasteiger partial charge in [-0.2, -0.15) is 5.32 Å². The lowest BCUT2D eigenvalue weighted by Crippen LogP contribution is -2.35. The molecule has 4 heterocycles. The van der Waals surface area contributed by atoms with Gasteiger partial charge in [0.1, 0.15) is 16.3 Å². The molecule has 0 spiro atoms. The quantitative estimate of drug-likeness (QED) is 0.428. The van der Waals surface area contributed by atoms with E-state index in [2.05, 4.69) is 39.5 Å². The standard InChI is InChI=1S/C25H24N4O3S2/c1-28-20-4-2-16(14-29-7-10-31-11-8-29)12-22(20)34-25(28)27-23(30)19-15-33-24(26-19)18-3-5-21-17(13-18)6-9-32-21/h2-5,12-13,15H,6-11,14H2,1H3/p+1. The lowest BCUT2D eigenvalue weighted by atomic mass is 10.1. The molecule has 2 aromatic carbocycles. The van der Waals surface area contributed by atoms with E-state index in [9.17, 15) is 4.79 Å². The molecule has 1 N–H and O–H groups in total. The van der Waals surface area contributed by atoms with Crippen LogP contribution in [0.4, 0.5) is 5.13 Å². The molecule has 0 unspecified atom stereocenters. The first kappa shape index (κ1) is 21.7. The Morgan fingerprint density at radius 1 is 1.18 bits per heavy atom. The van der Waals surface area contributed by atoms with Gasteiger partial charge in [-0.25, -0.2) is 14.3 Å². The fourth-order valence-electron chi connectivity index (χ4n) is 4.42. The third kappa shape index (κ3) is 4.20. The van der Waals surface area contributed by atoms with E-state index in [0.29, 0.717) is 5.69 Å². The number of anilines is 1. The Morgan fingerprint density at radius 3 is 2.94 bits per heavy atom. The molecule has 9 heteroatoms. The second-order valence-corrected chi connectivity index (χ2v) is 10.5. The van der Waals surface area contributed by atoms with Crippen molar-refractivity contribution in [1.82, 2.24) is 9.88 Å². The molecule has 7 nitrogen and oxygen atoms in total. The highest BCUT2D eigenvalue weighted by Crippen LogP contribution is 2.32. The summed E-state index contributed by atoms with van der Waals surface area (Å²) in [6, 6.07) is 12.6. The molecule has 1 amide bonds. The number of fused-ring (bicyclic) bond motifs is 2. The molecule has 6 rings (SSSR count). The van der Waals surface area contributed by atoms with Crippen molar-refractivity contribution in [2.24, 2.45) is 7.05 Å². The Balaban J connectivity index is 1.19. The van der Waals surface area contributed by atoms with Crippen molar-refractivity contribution < 1.29 is 18.8 Å². The number of carbonyl (C=O) groups is 1. The van der Waals surface area contributed by atoms with Crippen LogP contribution in [0.15, 0.2) is 41.8 Å². The SMILES string of the molecule is C[n+]1c(NC(=O)c2csc(-c3ccc4c(c3)CCO4)n2)sc2cc(CN3CCOCC3)ccc21. The second-order valence-electron chi connectivity index (χ2n) is 8.57. The van der Waals surface area contributed by atoms with Crippen molar-refractivity contribution in [3.05, 3.63) is 58.6 Å². The van der Waals surface area contributed by atoms with Crippen LogP contribution in [-0.4, -0.2) is 48.7 Å². The number of nitrogens with zero attached hydrogens (tertiary/aromatic N) is 3. The first-order chi connectivity index (χ1) is 16.6. The van der Waals surface area contributed by atoms with Crippen molar-refractivity contribution in [2.45, 2.75) is 13.0 Å². The summed E-state index contributed by atoms with van der Waals surface area (Å²) in [4.78, 5) is 20.0. The highest BCUT2D eigenvalue weighted by Gasteiger charge is 2.23. The lowest BCUT2D eigenvalue weighted by molar-refractivity contribution is -0.626. The fraction of sp³-hybridized carbons (Fsp3) is 0.320. The zero-order valence-corrected chi connectivity index (χ0v) is 20.5. The fourth-order valence-corrected chi connectivity index (χ4v) is 6.32. The van der Waals surface area contributed by atoms with Gasteiger partial charge < -0.3 is 9.47 Å². The Hall–Kier alpha value is -2.85. The number of aromatic nitrogens is 2. The molecule has 0 aliphatic carbocycles. The minimum Gasteiger partial charge on any atom is -0.493 e. The summed E-state index contributed by atoms with van der Waals surface area (Å²) < 4.78 is 14.2. The van der Waals surface area contributed by atoms with Gasteiger partial charge in [-0.05, 0) is 52.8 Å². The molecule has 2 aromatic heterocycles. The smallest absolute Gasteiger partial charge is 0.359 e. The Labute approximate surface area is 205 Å². The van der Waals surface area contributed by atoms with Gasteiger partial charge >= 0.3 is 11.0 Å². The van der Waals surface area contributed by atoms with E-state index in [1.165, 1.54) is 22.5 Å². The van der Waals surface area contributed by atoms with E-state index < -0.39 is 0 Å². The average Bonchev–Trinajstić information content (AvgIpc) is 3.59. The van der Waals surface area contributed by atoms with Gasteiger partial charge in [-0.3, -0.25) is 4.90 Å². The minimum absolute atomic E-state index is 0.192. The number of hydrogen-bond donors (Lipinski definition) is 1. The first-order valence-corrected chi connectivity index (χ1v) is 13.1. The summed E-state index contributed by atoms with van der Waals surface area (Å²) >= 11 is 3.07. The largest absolute Gasteiger partial charge is 0.493 e. The van der Waals surface area contributed by atoms with Crippen molar-refractivity contribution in [3.63, 3.8) is 0 Å². The van der Waals surface area contributed by atoms with Crippen LogP contribution >= 0.6 is 22.7 Å². The summed E-state index contributed by atoms with van der Waals surface area (Å²) in [5.74, 6) is 0.756. The highest BCUT2D eigenvalue weighted by molar-refractivity contribution is 7.21. The van der Waals surface area contributed by atoms with E-state index >= 15 is 0 Å². The number of ether oxygens (including phenoxy) is 2. The summed E-state index contributed by atoms with van der Waals surface area (Å²) in [5, 5.41) is 6.52. The van der Waals surface area contributed by atoms with Gasteiger partial charge in [0.05, 0.1) is 31.6 Å². The molecule has 1 fully saturated rings. The molecule has 0 radical (unpaired) electrons. The number of carbonyl (C=O) groups excluding carboxylic acids is 1. The molecule has 34 heavy (non-hydrogen) atoms. The number of amides is 1. The van der Waals surface area contributed by atoms with Crippen molar-refractivity contribution in [2.75, 3.05) is 38.2 Å². The summed E-state index contributed by atoms with van der Waals surface area (Å²) in [6.07, 6.45) is 0.915. The zero-order chi connectivity index (χ0) is 23.1. The molecular weight excluding hydrogens is 468 g/mol. The molecule has 0 atom stereocenters. The zero-order valence-electron chi connectivity index (χ0n) is 18.9. The maximum atomic E-state index is 13.0. The molecule has 0 saturated carbocycles. The van der Waals surface area contributed by atoms with Crippen LogP contribution in [0.1, 0.15) is 21.6 Å². The number of rotatable bonds is 5. The summed E-state index contributed by atoms with van der Waals surface area (Å²) in [7, 11) is 1.98. The summed E-state index contributed by atoms with van der Waals surface area (Å²) in [6.45, 7) is 5.17. The van der Waals surface area contributed by atoms with Crippen LogP contribution < -0.4 is 14.6 Å². The molecule has 0 bridgehead atoms. The van der Waals surface area contributed by atoms with Crippen molar-refractivity contribution in [1.29, 1.82) is 0 Å². The maximum absolute atomic E-state index is 13.0. The topological polar surface area (TPSA) is 67.6 Å². The molecule has 2 aliphatic rings. The van der Waals surface area contributed by atoms with Crippen molar-refractivity contribution in [3.8, 4) is 16.3 Å². The predicted octanol–water partition coefficient (Wildman–Crippen LogP) is 3.87. The first-order valence-electron chi connectivity index (χ1n) is 11.4. The van der Waals surface area contributed by atoms with Crippen LogP contribution in [0.25, 0.3) is 20.8 Å². The van der Waals surface area contributed by atoms with Crippen LogP contribution in [-0.2, 0) is 24.8 Å². The molecule has 4 aromatic rings. The van der Waals surface area contributed by atoms with Crippen LogP contribution in [0.3, 0.4) is 0 Å². The second kappa shape index (κ2) is 9.07. The van der Waals surface area contributed by atoms with Gasteiger partial charge in [-0.1, -0.05) is 6.07 Å². The van der Waals surface area contributed by atoms with E-state index in [4.69, 9.17) is 9.47 Å². The number of benzene rings is 2. The van der Waals surface area contributed by atoms with E-state index in [1.807, 2.05) is 29.1 Å². The number of nitrogens with one attached hydrogen (secondary N) is 1. The lowest BCUT2D eigenvalue weighted by Gasteiger charge is -2.26. The predicted molar refractivity (Wildman–Crippen MR) is 134 cm³/mol. The van der Waals surface area contributed by atoms with Gasteiger partial charge in [0.25, 0.3) is 0 Å². The maximum Gasteiger partial charge on any atom is 0.359 e. The van der Waals surface area contributed by atoms with Gasteiger partial charge in [-0.15, -0.1) is 11.3 Å². The normalized spacial score (nSPS) is 15.9. The molecule has 1 saturated heterocycles. The highest BCUT2D eigenvalue weighted by atomic mass is 32.1. The van der Waals surface area contributed by atoms with E-state index in [-0.39, 0.29) is 5.91 Å². The third-order valence-electron chi connectivity index (χ3n) is 6.30. The number of hydrogen-bond acceptors (Lipinski definition) is 7. The number of aryl methyl sites for hydroxylation is 1. The molecule has 2 aliphatic heterocycles. The van der Waals surface area contributed by atoms with E-state index in [1.54, 1.807) is 11.3 Å². The van der Waals surface area contributed by atoms with Crippen LogP contribution in [0.5, 0.6) is 5.75 Å². The number of thiazole rings is 2. The van der Waals surface area contributed by atoms with Crippen LogP contribution in [0, 0.1) is 0 Å². The molecule has 174 valence electrons. The Kier molecular flexibility index (Phi) is 5.78. The van der Waals surface area contributed by atoms with E-state index in [0.717, 1.165) is 77.5 Å². The van der Waals surface area contributed by atoms with Gasteiger partial charge in [0, 0.05) is 37.0 Å². The Morgan fingerprint density at radius 2 is 2.06 bits per heavy atom. The van der Waals surface area contributed by atoms with Crippen LogP contribution in [0.2, 0.25) is 0 Å². The average molecular weight is 494 g/mol. The van der Waals surface area contributed by atoms with Gasteiger partial charge in [0.2, 0.25) is 0 Å². The summed E-state index contributed by atoms with van der Waals surface area (Å²) in [5.41, 5.74) is 5.03. The minimum atomic E-state index is -0.192. The molecular formula is C25H25N4O3S2+.